The molecule has 0 aromatic carbocycles. The Morgan fingerprint density at radius 1 is 1.64 bits per heavy atom. The van der Waals surface area contributed by atoms with E-state index in [4.69, 9.17) is 4.74 Å². The fraction of sp³-hybridized carbons (Fsp3) is 0.875. The summed E-state index contributed by atoms with van der Waals surface area (Å²) in [6.07, 6.45) is 1.57. The first-order chi connectivity index (χ1) is 5.33. The topological polar surface area (TPSA) is 38.3 Å². The summed E-state index contributed by atoms with van der Waals surface area (Å²) >= 11 is 0. The number of rotatable bonds is 4. The van der Waals surface area contributed by atoms with Gasteiger partial charge in [0.25, 0.3) is 0 Å². The van der Waals surface area contributed by atoms with Gasteiger partial charge < -0.3 is 10.1 Å². The van der Waals surface area contributed by atoms with Crippen LogP contribution in [0.3, 0.4) is 0 Å². The minimum absolute atomic E-state index is 0.166. The van der Waals surface area contributed by atoms with Crippen LogP contribution >= 0.6 is 0 Å². The normalized spacial score (nSPS) is 17.5. The molecule has 64 valence electrons. The molecule has 0 aromatic heterocycles. The number of hydrogen-bond acceptors (Lipinski definition) is 2. The quantitative estimate of drug-likeness (QED) is 0.647. The second-order valence-electron chi connectivity index (χ2n) is 2.96. The van der Waals surface area contributed by atoms with Crippen molar-refractivity contribution in [3.63, 3.8) is 0 Å². The Bertz CT molecular complexity index is 132. The highest BCUT2D eigenvalue weighted by Gasteiger charge is 2.18. The smallest absolute Gasteiger partial charge is 0.219 e. The fourth-order valence-corrected chi connectivity index (χ4v) is 0.976. The molecule has 0 radical (unpaired) electrons. The van der Waals surface area contributed by atoms with Crippen LogP contribution in [-0.4, -0.2) is 25.7 Å². The number of amides is 1. The van der Waals surface area contributed by atoms with Crippen LogP contribution in [0.2, 0.25) is 0 Å². The molecule has 1 N–H and O–H groups in total. The summed E-state index contributed by atoms with van der Waals surface area (Å²) in [6.45, 7) is 4.42. The average molecular weight is 157 g/mol. The van der Waals surface area contributed by atoms with E-state index in [1.807, 2.05) is 6.92 Å². The second kappa shape index (κ2) is 4.34. The summed E-state index contributed by atoms with van der Waals surface area (Å²) in [4.78, 5) is 10.9. The van der Waals surface area contributed by atoms with E-state index >= 15 is 0 Å². The standard InChI is InChI=1S/C8H15NO2/c1-2-3-8(10)9-4-7-5-11-6-7/h7H,2-6H2,1H3,(H,9,10). The average Bonchev–Trinajstić information content (AvgIpc) is 1.85. The van der Waals surface area contributed by atoms with Gasteiger partial charge in [0, 0.05) is 18.9 Å². The number of nitrogens with one attached hydrogen (secondary N) is 1. The lowest BCUT2D eigenvalue weighted by atomic mass is 10.1. The summed E-state index contributed by atoms with van der Waals surface area (Å²) in [5.74, 6) is 0.732. The molecular formula is C8H15NO2. The maximum absolute atomic E-state index is 10.9. The van der Waals surface area contributed by atoms with E-state index in [1.165, 1.54) is 0 Å². The van der Waals surface area contributed by atoms with Crippen molar-refractivity contribution in [1.29, 1.82) is 0 Å². The molecule has 0 bridgehead atoms. The van der Waals surface area contributed by atoms with Gasteiger partial charge >= 0.3 is 0 Å². The molecule has 1 aliphatic rings. The molecule has 1 fully saturated rings. The third-order valence-corrected chi connectivity index (χ3v) is 1.77. The first-order valence-corrected chi connectivity index (χ1v) is 4.17. The van der Waals surface area contributed by atoms with E-state index in [9.17, 15) is 4.79 Å². The minimum atomic E-state index is 0.166. The number of ether oxygens (including phenoxy) is 1. The fourth-order valence-electron chi connectivity index (χ4n) is 0.976. The van der Waals surface area contributed by atoms with Crippen molar-refractivity contribution in [1.82, 2.24) is 5.32 Å². The second-order valence-corrected chi connectivity index (χ2v) is 2.96. The molecule has 1 saturated heterocycles. The van der Waals surface area contributed by atoms with Crippen molar-refractivity contribution in [2.75, 3.05) is 19.8 Å². The number of carbonyl (C=O) groups excluding carboxylic acids is 1. The molecule has 0 unspecified atom stereocenters. The molecule has 0 spiro atoms. The van der Waals surface area contributed by atoms with Gasteiger partial charge in [-0.2, -0.15) is 0 Å². The molecule has 1 amide bonds. The van der Waals surface area contributed by atoms with Crippen LogP contribution in [0.1, 0.15) is 19.8 Å². The van der Waals surface area contributed by atoms with E-state index < -0.39 is 0 Å². The van der Waals surface area contributed by atoms with Crippen LogP contribution in [0, 0.1) is 5.92 Å². The van der Waals surface area contributed by atoms with Crippen LogP contribution in [0.5, 0.6) is 0 Å². The highest BCUT2D eigenvalue weighted by atomic mass is 16.5. The number of carbonyl (C=O) groups is 1. The lowest BCUT2D eigenvalue weighted by Gasteiger charge is -2.25. The Morgan fingerprint density at radius 2 is 2.36 bits per heavy atom. The summed E-state index contributed by atoms with van der Waals surface area (Å²) in [5.41, 5.74) is 0. The van der Waals surface area contributed by atoms with E-state index in [0.29, 0.717) is 12.3 Å². The molecule has 0 aromatic rings. The Morgan fingerprint density at radius 3 is 2.82 bits per heavy atom. The predicted octanol–water partition coefficient (Wildman–Crippen LogP) is 0.549. The van der Waals surface area contributed by atoms with Crippen LogP contribution in [0.25, 0.3) is 0 Å². The molecule has 1 heterocycles. The van der Waals surface area contributed by atoms with Crippen LogP contribution in [-0.2, 0) is 9.53 Å². The van der Waals surface area contributed by atoms with Gasteiger partial charge in [-0.05, 0) is 6.42 Å². The molecule has 0 atom stereocenters. The maximum atomic E-state index is 10.9. The van der Waals surface area contributed by atoms with Crippen molar-refractivity contribution in [3.8, 4) is 0 Å². The van der Waals surface area contributed by atoms with E-state index in [0.717, 1.165) is 26.2 Å². The predicted molar refractivity (Wildman–Crippen MR) is 42.2 cm³/mol. The van der Waals surface area contributed by atoms with Gasteiger partial charge in [0.1, 0.15) is 0 Å². The van der Waals surface area contributed by atoms with Gasteiger partial charge in [0.15, 0.2) is 0 Å². The molecule has 11 heavy (non-hydrogen) atoms. The van der Waals surface area contributed by atoms with Crippen molar-refractivity contribution in [3.05, 3.63) is 0 Å². The largest absolute Gasteiger partial charge is 0.381 e. The third-order valence-electron chi connectivity index (χ3n) is 1.77. The zero-order valence-electron chi connectivity index (χ0n) is 6.93. The third kappa shape index (κ3) is 2.89. The van der Waals surface area contributed by atoms with Gasteiger partial charge in [-0.1, -0.05) is 6.92 Å². The highest BCUT2D eigenvalue weighted by molar-refractivity contribution is 5.75. The Labute approximate surface area is 67.1 Å². The lowest BCUT2D eigenvalue weighted by Crippen LogP contribution is -2.39. The summed E-state index contributed by atoms with van der Waals surface area (Å²) in [5, 5.41) is 2.87. The monoisotopic (exact) mass is 157 g/mol. The van der Waals surface area contributed by atoms with E-state index in [2.05, 4.69) is 5.32 Å². The zero-order valence-corrected chi connectivity index (χ0v) is 6.93. The molecular weight excluding hydrogens is 142 g/mol. The molecule has 0 saturated carbocycles. The van der Waals surface area contributed by atoms with Gasteiger partial charge in [0.2, 0.25) is 5.91 Å². The minimum Gasteiger partial charge on any atom is -0.381 e. The van der Waals surface area contributed by atoms with Gasteiger partial charge in [0.05, 0.1) is 13.2 Å². The lowest BCUT2D eigenvalue weighted by molar-refractivity contribution is -0.122. The van der Waals surface area contributed by atoms with Crippen LogP contribution in [0.15, 0.2) is 0 Å². The van der Waals surface area contributed by atoms with Gasteiger partial charge in [-0.25, -0.2) is 0 Å². The van der Waals surface area contributed by atoms with Crippen molar-refractivity contribution < 1.29 is 9.53 Å². The van der Waals surface area contributed by atoms with Crippen LogP contribution in [0.4, 0.5) is 0 Å². The highest BCUT2D eigenvalue weighted by Crippen LogP contribution is 2.07. The SMILES string of the molecule is CCCC(=O)NCC1COC1. The molecule has 1 aliphatic heterocycles. The van der Waals surface area contributed by atoms with Crippen molar-refractivity contribution >= 4 is 5.91 Å². The summed E-state index contributed by atoms with van der Waals surface area (Å²) in [6, 6.07) is 0. The molecule has 1 rings (SSSR count). The van der Waals surface area contributed by atoms with E-state index in [-0.39, 0.29) is 5.91 Å². The summed E-state index contributed by atoms with van der Waals surface area (Å²) < 4.78 is 4.98. The van der Waals surface area contributed by atoms with Gasteiger partial charge in [-0.3, -0.25) is 4.79 Å². The van der Waals surface area contributed by atoms with Crippen LogP contribution < -0.4 is 5.32 Å². The van der Waals surface area contributed by atoms with Gasteiger partial charge in [-0.15, -0.1) is 0 Å². The van der Waals surface area contributed by atoms with Crippen molar-refractivity contribution in [2.45, 2.75) is 19.8 Å². The molecule has 0 aliphatic carbocycles. The van der Waals surface area contributed by atoms with E-state index in [1.54, 1.807) is 0 Å². The summed E-state index contributed by atoms with van der Waals surface area (Å²) in [7, 11) is 0. The first kappa shape index (κ1) is 8.53. The Kier molecular flexibility index (Phi) is 3.36. The Hall–Kier alpha value is -0.570. The molecule has 3 nitrogen and oxygen atoms in total. The number of hydrogen-bond donors (Lipinski definition) is 1. The van der Waals surface area contributed by atoms with Crippen molar-refractivity contribution in [2.24, 2.45) is 5.92 Å². The Balaban J connectivity index is 1.96. The zero-order chi connectivity index (χ0) is 8.10. The maximum Gasteiger partial charge on any atom is 0.219 e. The first-order valence-electron chi connectivity index (χ1n) is 4.17. The molecule has 3 heteroatoms.